The molecule has 1 saturated carbocycles. The zero-order chi connectivity index (χ0) is 21.6. The summed E-state index contributed by atoms with van der Waals surface area (Å²) < 4.78 is 13.8. The van der Waals surface area contributed by atoms with Gasteiger partial charge >= 0.3 is 0 Å². The third-order valence-electron chi connectivity index (χ3n) is 6.04. The van der Waals surface area contributed by atoms with Crippen molar-refractivity contribution in [2.75, 3.05) is 7.05 Å². The number of nitrogens with two attached hydrogens (primary N) is 1. The molecule has 1 aliphatic rings. The average molecular weight is 412 g/mol. The van der Waals surface area contributed by atoms with Crippen molar-refractivity contribution in [2.24, 2.45) is 5.73 Å². The van der Waals surface area contributed by atoms with E-state index in [1.54, 1.807) is 25.2 Å². The summed E-state index contributed by atoms with van der Waals surface area (Å²) in [5.74, 6) is -0.399. The fourth-order valence-corrected chi connectivity index (χ4v) is 4.39. The molecule has 0 spiro atoms. The first-order chi connectivity index (χ1) is 14.4. The molecular formula is C24H30FN3O2. The highest BCUT2D eigenvalue weighted by Gasteiger charge is 2.42. The Morgan fingerprint density at radius 3 is 2.37 bits per heavy atom. The van der Waals surface area contributed by atoms with Gasteiger partial charge in [-0.25, -0.2) is 4.39 Å². The van der Waals surface area contributed by atoms with Crippen LogP contribution in [0, 0.1) is 5.82 Å². The van der Waals surface area contributed by atoms with Gasteiger partial charge in [-0.2, -0.15) is 0 Å². The van der Waals surface area contributed by atoms with Gasteiger partial charge in [0, 0.05) is 19.5 Å². The molecule has 0 unspecified atom stereocenters. The molecular weight excluding hydrogens is 381 g/mol. The van der Waals surface area contributed by atoms with Crippen molar-refractivity contribution >= 4 is 11.8 Å². The Morgan fingerprint density at radius 1 is 1.10 bits per heavy atom. The number of halogens is 1. The summed E-state index contributed by atoms with van der Waals surface area (Å²) >= 11 is 0. The molecule has 30 heavy (non-hydrogen) atoms. The largest absolute Gasteiger partial charge is 0.357 e. The van der Waals surface area contributed by atoms with Gasteiger partial charge in [0.15, 0.2) is 0 Å². The summed E-state index contributed by atoms with van der Waals surface area (Å²) in [4.78, 5) is 25.4. The molecule has 160 valence electrons. The first kappa shape index (κ1) is 22.0. The highest BCUT2D eigenvalue weighted by Crippen LogP contribution is 2.38. The molecule has 2 amide bonds. The van der Waals surface area contributed by atoms with E-state index in [-0.39, 0.29) is 30.5 Å². The van der Waals surface area contributed by atoms with Gasteiger partial charge in [0.1, 0.15) is 11.4 Å². The van der Waals surface area contributed by atoms with Crippen LogP contribution < -0.4 is 16.4 Å². The van der Waals surface area contributed by atoms with E-state index < -0.39 is 11.6 Å². The third-order valence-corrected chi connectivity index (χ3v) is 6.04. The lowest BCUT2D eigenvalue weighted by Gasteiger charge is -2.39. The molecule has 0 heterocycles. The maximum absolute atomic E-state index is 13.8. The van der Waals surface area contributed by atoms with Crippen LogP contribution in [0.5, 0.6) is 0 Å². The highest BCUT2D eigenvalue weighted by molar-refractivity contribution is 5.91. The second-order valence-electron chi connectivity index (χ2n) is 8.15. The van der Waals surface area contributed by atoms with Gasteiger partial charge in [0.05, 0.1) is 0 Å². The topological polar surface area (TPSA) is 84.2 Å². The number of likely N-dealkylation sites (N-methyl/N-ethyl adjacent to an activating group) is 1. The van der Waals surface area contributed by atoms with Crippen molar-refractivity contribution in [2.45, 2.75) is 56.0 Å². The first-order valence-electron chi connectivity index (χ1n) is 10.5. The highest BCUT2D eigenvalue weighted by atomic mass is 19.1. The summed E-state index contributed by atoms with van der Waals surface area (Å²) in [6.45, 7) is 0. The minimum absolute atomic E-state index is 0.0369. The molecule has 4 N–H and O–H groups in total. The van der Waals surface area contributed by atoms with Crippen molar-refractivity contribution in [3.05, 3.63) is 71.5 Å². The van der Waals surface area contributed by atoms with Gasteiger partial charge in [-0.3, -0.25) is 9.59 Å². The van der Waals surface area contributed by atoms with E-state index in [1.807, 2.05) is 18.2 Å². The molecule has 0 radical (unpaired) electrons. The van der Waals surface area contributed by atoms with Gasteiger partial charge in [0.2, 0.25) is 11.8 Å². The minimum atomic E-state index is -0.922. The Labute approximate surface area is 177 Å². The van der Waals surface area contributed by atoms with E-state index in [4.69, 9.17) is 5.73 Å². The lowest BCUT2D eigenvalue weighted by Crippen LogP contribution is -2.60. The molecule has 6 heteroatoms. The lowest BCUT2D eigenvalue weighted by molar-refractivity contribution is -0.135. The molecule has 2 aromatic rings. The number of hydrogen-bond donors (Lipinski definition) is 3. The fraction of sp³-hybridized carbons (Fsp3) is 0.417. The summed E-state index contributed by atoms with van der Waals surface area (Å²) in [6, 6.07) is 16.2. The second-order valence-corrected chi connectivity index (χ2v) is 8.15. The number of nitrogens with one attached hydrogen (secondary N) is 2. The number of carbonyl (C=O) groups excluding carboxylic acids is 2. The van der Waals surface area contributed by atoms with Gasteiger partial charge in [0.25, 0.3) is 0 Å². The van der Waals surface area contributed by atoms with Crippen LogP contribution in [0.2, 0.25) is 0 Å². The smallest absolute Gasteiger partial charge is 0.245 e. The Morgan fingerprint density at radius 2 is 1.73 bits per heavy atom. The summed E-state index contributed by atoms with van der Waals surface area (Å²) in [5.41, 5.74) is 6.93. The van der Waals surface area contributed by atoms with Crippen molar-refractivity contribution in [3.8, 4) is 0 Å². The second kappa shape index (κ2) is 9.85. The fourth-order valence-electron chi connectivity index (χ4n) is 4.39. The van der Waals surface area contributed by atoms with Crippen LogP contribution in [0.4, 0.5) is 4.39 Å². The molecule has 3 rings (SSSR count). The van der Waals surface area contributed by atoms with Gasteiger partial charge in [-0.05, 0) is 55.2 Å². The Hall–Kier alpha value is -2.73. The number of amides is 2. The van der Waals surface area contributed by atoms with E-state index in [0.717, 1.165) is 12.8 Å². The minimum Gasteiger partial charge on any atom is -0.357 e. The number of carbonyl (C=O) groups is 2. The van der Waals surface area contributed by atoms with Crippen LogP contribution >= 0.6 is 0 Å². The van der Waals surface area contributed by atoms with E-state index >= 15 is 0 Å². The van der Waals surface area contributed by atoms with Gasteiger partial charge < -0.3 is 16.4 Å². The maximum atomic E-state index is 13.8. The zero-order valence-corrected chi connectivity index (χ0v) is 17.4. The van der Waals surface area contributed by atoms with E-state index in [2.05, 4.69) is 22.8 Å². The Balaban J connectivity index is 1.61. The predicted molar refractivity (Wildman–Crippen MR) is 115 cm³/mol. The third kappa shape index (κ3) is 5.25. The van der Waals surface area contributed by atoms with Crippen LogP contribution in [-0.2, 0) is 16.0 Å². The predicted octanol–water partition coefficient (Wildman–Crippen LogP) is 3.04. The standard InChI is InChI=1S/C24H30FN3O2/c1-27-23(30)24(13-11-18(12-14-24)17-7-3-2-4-8-17)28-22(29)16-20(26)15-19-9-5-6-10-21(19)25/h2-10,18,20H,11-16,26H2,1H3,(H,27,30)(H,28,29)/t18?,20-,24?/m1/s1. The molecule has 2 aromatic carbocycles. The first-order valence-corrected chi connectivity index (χ1v) is 10.5. The molecule has 0 saturated heterocycles. The molecule has 1 fully saturated rings. The van der Waals surface area contributed by atoms with E-state index in [9.17, 15) is 14.0 Å². The molecule has 1 atom stereocenters. The lowest BCUT2D eigenvalue weighted by atomic mass is 9.73. The normalized spacial score (nSPS) is 22.2. The van der Waals surface area contributed by atoms with Gasteiger partial charge in [-0.15, -0.1) is 0 Å². The molecule has 0 aromatic heterocycles. The van der Waals surface area contributed by atoms with Crippen LogP contribution in [0.25, 0.3) is 0 Å². The van der Waals surface area contributed by atoms with Crippen LogP contribution in [0.1, 0.15) is 49.1 Å². The summed E-state index contributed by atoms with van der Waals surface area (Å²) in [6.07, 6.45) is 3.08. The van der Waals surface area contributed by atoms with Crippen LogP contribution in [-0.4, -0.2) is 30.4 Å². The van der Waals surface area contributed by atoms with Crippen molar-refractivity contribution in [1.29, 1.82) is 0 Å². The quantitative estimate of drug-likeness (QED) is 0.655. The Bertz CT molecular complexity index is 864. The number of rotatable bonds is 7. The van der Waals surface area contributed by atoms with E-state index in [0.29, 0.717) is 24.3 Å². The zero-order valence-electron chi connectivity index (χ0n) is 17.4. The molecule has 0 aliphatic heterocycles. The number of hydrogen-bond acceptors (Lipinski definition) is 3. The van der Waals surface area contributed by atoms with Gasteiger partial charge in [-0.1, -0.05) is 48.5 Å². The Kier molecular flexibility index (Phi) is 7.21. The average Bonchev–Trinajstić information content (AvgIpc) is 2.75. The molecule has 0 bridgehead atoms. The SMILES string of the molecule is CNC(=O)C1(NC(=O)C[C@H](N)Cc2ccccc2F)CCC(c2ccccc2)CC1. The molecule has 1 aliphatic carbocycles. The van der Waals surface area contributed by atoms with Crippen molar-refractivity contribution in [3.63, 3.8) is 0 Å². The van der Waals surface area contributed by atoms with Crippen molar-refractivity contribution < 1.29 is 14.0 Å². The van der Waals surface area contributed by atoms with Crippen LogP contribution in [0.15, 0.2) is 54.6 Å². The van der Waals surface area contributed by atoms with E-state index in [1.165, 1.54) is 11.6 Å². The van der Waals surface area contributed by atoms with Crippen LogP contribution in [0.3, 0.4) is 0 Å². The summed E-state index contributed by atoms with van der Waals surface area (Å²) in [7, 11) is 1.59. The number of benzene rings is 2. The molecule has 5 nitrogen and oxygen atoms in total. The monoisotopic (exact) mass is 411 g/mol. The maximum Gasteiger partial charge on any atom is 0.245 e. The summed E-state index contributed by atoms with van der Waals surface area (Å²) in [5, 5.41) is 5.66. The van der Waals surface area contributed by atoms with Crippen molar-refractivity contribution in [1.82, 2.24) is 10.6 Å².